The molecule has 0 bridgehead atoms. The number of nitrogens with zero attached hydrogens (tertiary/aromatic N) is 5. The quantitative estimate of drug-likeness (QED) is 0.213. The Morgan fingerprint density at radius 3 is 2.49 bits per heavy atom. The van der Waals surface area contributed by atoms with Crippen molar-refractivity contribution in [3.8, 4) is 22.8 Å². The number of ether oxygens (including phenoxy) is 1. The zero-order chi connectivity index (χ0) is 33.1. The van der Waals surface area contributed by atoms with Crippen molar-refractivity contribution in [2.75, 3.05) is 10.7 Å². The fourth-order valence-corrected chi connectivity index (χ4v) is 7.55. The average molecular weight is 663 g/mol. The predicted molar refractivity (Wildman–Crippen MR) is 179 cm³/mol. The molecule has 1 saturated heterocycles. The van der Waals surface area contributed by atoms with Crippen LogP contribution >= 0.6 is 11.8 Å². The lowest BCUT2D eigenvalue weighted by molar-refractivity contribution is -0.274. The van der Waals surface area contributed by atoms with Gasteiger partial charge in [0, 0.05) is 35.0 Å². The van der Waals surface area contributed by atoms with Crippen LogP contribution in [0.5, 0.6) is 5.75 Å². The molecule has 47 heavy (non-hydrogen) atoms. The number of amidine groups is 1. The van der Waals surface area contributed by atoms with Gasteiger partial charge in [0.1, 0.15) is 12.1 Å². The number of amides is 2. The second-order valence-electron chi connectivity index (χ2n) is 12.2. The van der Waals surface area contributed by atoms with Crippen LogP contribution in [0, 0.1) is 0 Å². The molecule has 6 rings (SSSR count). The highest BCUT2D eigenvalue weighted by Gasteiger charge is 2.33. The third-order valence-electron chi connectivity index (χ3n) is 8.68. The highest BCUT2D eigenvalue weighted by molar-refractivity contribution is 8.14. The maximum Gasteiger partial charge on any atom is 0.573 e. The van der Waals surface area contributed by atoms with Gasteiger partial charge in [0.25, 0.3) is 0 Å². The molecular formula is C35H37F3N6O2S. The van der Waals surface area contributed by atoms with Crippen molar-refractivity contribution in [2.45, 2.75) is 76.7 Å². The minimum atomic E-state index is -4.75. The van der Waals surface area contributed by atoms with Gasteiger partial charge >= 0.3 is 12.4 Å². The number of rotatable bonds is 7. The molecule has 8 nitrogen and oxygen atoms in total. The highest BCUT2D eigenvalue weighted by Crippen LogP contribution is 2.37. The molecule has 0 radical (unpaired) electrons. The Balaban J connectivity index is 1.13. The van der Waals surface area contributed by atoms with E-state index in [0.29, 0.717) is 17.4 Å². The van der Waals surface area contributed by atoms with Crippen molar-refractivity contribution in [3.63, 3.8) is 0 Å². The van der Waals surface area contributed by atoms with Gasteiger partial charge in [0.05, 0.1) is 5.69 Å². The minimum Gasteiger partial charge on any atom is -0.406 e. The number of hydrogen-bond donors (Lipinski definition) is 1. The van der Waals surface area contributed by atoms with Crippen LogP contribution in [0.4, 0.5) is 23.7 Å². The van der Waals surface area contributed by atoms with Gasteiger partial charge in [-0.25, -0.2) is 14.5 Å². The van der Waals surface area contributed by atoms with E-state index >= 15 is 0 Å². The molecule has 1 saturated carbocycles. The fraction of sp³-hybridized carbons (Fsp3) is 0.371. The van der Waals surface area contributed by atoms with Gasteiger partial charge in [-0.3, -0.25) is 0 Å². The van der Waals surface area contributed by atoms with Gasteiger partial charge in [-0.15, -0.1) is 18.3 Å². The molecule has 1 aromatic heterocycles. The SMILES string of the molecule is CC(C)c1ccccc1N1/C(=N/C(=O)NC2CCCC2c2ccc(-c3ncn(-c4ccc(OC(F)(F)F)cc4)n3)cc2)SCCC1C. The number of anilines is 1. The Morgan fingerprint density at radius 1 is 1.02 bits per heavy atom. The molecule has 1 N–H and O–H groups in total. The summed E-state index contributed by atoms with van der Waals surface area (Å²) in [5.74, 6) is 1.61. The number of aliphatic imine (C=N–C) groups is 1. The second-order valence-corrected chi connectivity index (χ2v) is 13.3. The van der Waals surface area contributed by atoms with Gasteiger partial charge < -0.3 is 15.0 Å². The van der Waals surface area contributed by atoms with E-state index in [0.717, 1.165) is 53.4 Å². The van der Waals surface area contributed by atoms with Crippen LogP contribution in [0.3, 0.4) is 0 Å². The van der Waals surface area contributed by atoms with Gasteiger partial charge in [-0.1, -0.05) is 74.5 Å². The first-order chi connectivity index (χ1) is 22.6. The van der Waals surface area contributed by atoms with E-state index in [9.17, 15) is 18.0 Å². The molecule has 12 heteroatoms. The van der Waals surface area contributed by atoms with Crippen molar-refractivity contribution in [3.05, 3.63) is 90.3 Å². The molecule has 2 amide bonds. The van der Waals surface area contributed by atoms with Crippen LogP contribution < -0.4 is 15.0 Å². The van der Waals surface area contributed by atoms with E-state index in [4.69, 9.17) is 0 Å². The normalized spacial score (nSPS) is 21.0. The first-order valence-electron chi connectivity index (χ1n) is 15.8. The lowest BCUT2D eigenvalue weighted by Gasteiger charge is -2.37. The topological polar surface area (TPSA) is 84.6 Å². The van der Waals surface area contributed by atoms with Crippen molar-refractivity contribution in [1.29, 1.82) is 0 Å². The summed E-state index contributed by atoms with van der Waals surface area (Å²) >= 11 is 1.63. The number of nitrogens with one attached hydrogen (secondary N) is 1. The first-order valence-corrected chi connectivity index (χ1v) is 16.8. The lowest BCUT2D eigenvalue weighted by Crippen LogP contribution is -2.43. The number of urea groups is 1. The highest BCUT2D eigenvalue weighted by atomic mass is 32.2. The number of aromatic nitrogens is 3. The second kappa shape index (κ2) is 13.8. The number of carbonyl (C=O) groups excluding carboxylic acids is 1. The smallest absolute Gasteiger partial charge is 0.406 e. The standard InChI is InChI=1S/C35H37F3N6O2S/c1-22(2)28-7-4-5-10-31(28)44-23(3)19-20-47-34(44)41-33(45)40-30-9-6-8-29(30)24-11-13-25(14-12-24)32-39-21-43(42-32)26-15-17-27(18-16-26)46-35(36,37)38/h4-5,7,10-18,21-23,29-30H,6,8-9,19-20H2,1-3H3,(H,40,45)/b41-34-. The maximum absolute atomic E-state index is 13.4. The number of para-hydroxylation sites is 1. The van der Waals surface area contributed by atoms with E-state index in [1.165, 1.54) is 40.8 Å². The van der Waals surface area contributed by atoms with Gasteiger partial charge in [-0.05, 0) is 73.6 Å². The lowest BCUT2D eigenvalue weighted by atomic mass is 9.93. The third-order valence-corrected chi connectivity index (χ3v) is 9.66. The average Bonchev–Trinajstić information content (AvgIpc) is 3.71. The molecule has 3 aromatic carbocycles. The number of hydrogen-bond acceptors (Lipinski definition) is 5. The number of alkyl halides is 3. The molecule has 2 fully saturated rings. The van der Waals surface area contributed by atoms with Crippen LogP contribution in [0.1, 0.15) is 69.4 Å². The van der Waals surface area contributed by atoms with Crippen molar-refractivity contribution in [2.24, 2.45) is 4.99 Å². The Hall–Kier alpha value is -4.32. The fourth-order valence-electron chi connectivity index (χ4n) is 6.34. The summed E-state index contributed by atoms with van der Waals surface area (Å²) in [6.07, 6.45) is 0.629. The molecule has 0 spiro atoms. The zero-order valence-corrected chi connectivity index (χ0v) is 27.3. The van der Waals surface area contributed by atoms with Gasteiger partial charge in [0.15, 0.2) is 11.0 Å². The Morgan fingerprint density at radius 2 is 1.77 bits per heavy atom. The monoisotopic (exact) mass is 662 g/mol. The van der Waals surface area contributed by atoms with Crippen LogP contribution in [0.15, 0.2) is 84.1 Å². The zero-order valence-electron chi connectivity index (χ0n) is 26.4. The number of benzene rings is 3. The summed E-state index contributed by atoms with van der Waals surface area (Å²) < 4.78 is 42.9. The van der Waals surface area contributed by atoms with E-state index in [-0.39, 0.29) is 29.8 Å². The molecule has 1 aliphatic heterocycles. The van der Waals surface area contributed by atoms with E-state index in [2.05, 4.69) is 69.0 Å². The number of carbonyl (C=O) groups is 1. The van der Waals surface area contributed by atoms with Crippen LogP contribution in [-0.2, 0) is 0 Å². The summed E-state index contributed by atoms with van der Waals surface area (Å²) in [6.45, 7) is 6.56. The Bertz CT molecular complexity index is 1720. The molecule has 3 atom stereocenters. The Kier molecular flexibility index (Phi) is 9.58. The third kappa shape index (κ3) is 7.64. The summed E-state index contributed by atoms with van der Waals surface area (Å²) in [4.78, 5) is 24.6. The van der Waals surface area contributed by atoms with Crippen LogP contribution in [-0.4, -0.2) is 50.2 Å². The molecule has 3 unspecified atom stereocenters. The largest absolute Gasteiger partial charge is 0.573 e. The molecular weight excluding hydrogens is 625 g/mol. The van der Waals surface area contributed by atoms with Crippen molar-refractivity contribution >= 4 is 28.6 Å². The van der Waals surface area contributed by atoms with Gasteiger partial charge in [-0.2, -0.15) is 4.99 Å². The number of thioether (sulfide) groups is 1. The molecule has 4 aromatic rings. The maximum atomic E-state index is 13.4. The molecule has 2 heterocycles. The van der Waals surface area contributed by atoms with E-state index < -0.39 is 6.36 Å². The molecule has 246 valence electrons. The van der Waals surface area contributed by atoms with E-state index in [1.807, 2.05) is 30.3 Å². The van der Waals surface area contributed by atoms with Crippen molar-refractivity contribution in [1.82, 2.24) is 20.1 Å². The summed E-state index contributed by atoms with van der Waals surface area (Å²) in [5, 5.41) is 8.46. The Labute approximate surface area is 276 Å². The van der Waals surface area contributed by atoms with E-state index in [1.54, 1.807) is 11.8 Å². The predicted octanol–water partition coefficient (Wildman–Crippen LogP) is 8.69. The number of halogens is 3. The van der Waals surface area contributed by atoms with Crippen LogP contribution in [0.2, 0.25) is 0 Å². The van der Waals surface area contributed by atoms with Crippen molar-refractivity contribution < 1.29 is 22.7 Å². The molecule has 2 aliphatic rings. The first kappa shape index (κ1) is 32.6. The molecule has 1 aliphatic carbocycles. The summed E-state index contributed by atoms with van der Waals surface area (Å²) in [5.41, 5.74) is 4.83. The van der Waals surface area contributed by atoms with Gasteiger partial charge in [0.2, 0.25) is 0 Å². The minimum absolute atomic E-state index is 0.0262. The summed E-state index contributed by atoms with van der Waals surface area (Å²) in [7, 11) is 0. The van der Waals surface area contributed by atoms with Crippen LogP contribution in [0.25, 0.3) is 17.1 Å². The summed E-state index contributed by atoms with van der Waals surface area (Å²) in [6, 6.07) is 21.7.